The van der Waals surface area contributed by atoms with Crippen molar-refractivity contribution in [2.75, 3.05) is 0 Å². The number of fused-ring (bicyclic) bond motifs is 1. The van der Waals surface area contributed by atoms with E-state index < -0.39 is 0 Å². The van der Waals surface area contributed by atoms with E-state index >= 15 is 0 Å². The van der Waals surface area contributed by atoms with Gasteiger partial charge in [-0.1, -0.05) is 37.5 Å². The first kappa shape index (κ1) is 12.7. The van der Waals surface area contributed by atoms with Crippen LogP contribution in [0, 0.1) is 0 Å². The van der Waals surface area contributed by atoms with Crippen LogP contribution in [0.15, 0.2) is 48.8 Å². The number of hydrogen-bond acceptors (Lipinski definition) is 1. The zero-order valence-electron chi connectivity index (χ0n) is 12.3. The molecule has 0 N–H and O–H groups in total. The van der Waals surface area contributed by atoms with Crippen molar-refractivity contribution >= 4 is 10.9 Å². The van der Waals surface area contributed by atoms with Crippen LogP contribution < -0.4 is 0 Å². The molecule has 2 heterocycles. The van der Waals surface area contributed by atoms with Crippen LogP contribution in [-0.2, 0) is 6.54 Å². The molecule has 3 nitrogen and oxygen atoms in total. The van der Waals surface area contributed by atoms with Crippen molar-refractivity contribution in [3.63, 3.8) is 0 Å². The lowest BCUT2D eigenvalue weighted by atomic mass is 9.96. The largest absolute Gasteiger partial charge is 0.341 e. The first-order valence-corrected chi connectivity index (χ1v) is 7.98. The van der Waals surface area contributed by atoms with E-state index in [0.717, 1.165) is 12.2 Å². The van der Waals surface area contributed by atoms with Gasteiger partial charge in [0.25, 0.3) is 0 Å². The predicted molar refractivity (Wildman–Crippen MR) is 85.4 cm³/mol. The maximum Gasteiger partial charge on any atom is 0.0821 e. The van der Waals surface area contributed by atoms with Crippen LogP contribution in [0.4, 0.5) is 0 Å². The standard InChI is InChI=1S/C18H21N3/c1-2-7-17(8-3-1)21-13-11-16(19-21)14-20-12-10-15-6-4-5-9-18(15)20/h4-6,9-13,17H,1-3,7-8,14H2. The Morgan fingerprint density at radius 1 is 0.952 bits per heavy atom. The molecule has 0 saturated heterocycles. The molecule has 0 spiro atoms. The lowest BCUT2D eigenvalue weighted by molar-refractivity contribution is 0.328. The second-order valence-electron chi connectivity index (χ2n) is 6.08. The van der Waals surface area contributed by atoms with Gasteiger partial charge in [0, 0.05) is 17.9 Å². The number of benzene rings is 1. The molecule has 3 heteroatoms. The number of hydrogen-bond donors (Lipinski definition) is 0. The van der Waals surface area contributed by atoms with Crippen LogP contribution >= 0.6 is 0 Å². The van der Waals surface area contributed by atoms with Crippen molar-refractivity contribution in [2.45, 2.75) is 44.7 Å². The van der Waals surface area contributed by atoms with E-state index in [-0.39, 0.29) is 0 Å². The van der Waals surface area contributed by atoms with Crippen LogP contribution in [-0.4, -0.2) is 14.3 Å². The van der Waals surface area contributed by atoms with Crippen molar-refractivity contribution in [3.05, 3.63) is 54.5 Å². The molecule has 108 valence electrons. The number of aromatic nitrogens is 3. The highest BCUT2D eigenvalue weighted by atomic mass is 15.3. The van der Waals surface area contributed by atoms with Crippen LogP contribution in [0.2, 0.25) is 0 Å². The van der Waals surface area contributed by atoms with E-state index in [9.17, 15) is 0 Å². The molecule has 0 radical (unpaired) electrons. The van der Waals surface area contributed by atoms with Gasteiger partial charge in [0.2, 0.25) is 0 Å². The summed E-state index contributed by atoms with van der Waals surface area (Å²) in [6, 6.07) is 13.5. The second kappa shape index (κ2) is 5.40. The third-order valence-electron chi connectivity index (χ3n) is 4.62. The van der Waals surface area contributed by atoms with Crippen molar-refractivity contribution in [2.24, 2.45) is 0 Å². The minimum atomic E-state index is 0.619. The summed E-state index contributed by atoms with van der Waals surface area (Å²) in [5.74, 6) is 0. The molecule has 1 aliphatic rings. The maximum atomic E-state index is 4.81. The Morgan fingerprint density at radius 2 is 1.81 bits per heavy atom. The minimum Gasteiger partial charge on any atom is -0.341 e. The van der Waals surface area contributed by atoms with Gasteiger partial charge in [0.15, 0.2) is 0 Å². The third-order valence-corrected chi connectivity index (χ3v) is 4.62. The van der Waals surface area contributed by atoms with Crippen LogP contribution in [0.5, 0.6) is 0 Å². The van der Waals surface area contributed by atoms with Gasteiger partial charge in [-0.05, 0) is 36.4 Å². The Morgan fingerprint density at radius 3 is 2.71 bits per heavy atom. The number of para-hydroxylation sites is 1. The molecule has 4 rings (SSSR count). The van der Waals surface area contributed by atoms with Crippen LogP contribution in [0.25, 0.3) is 10.9 Å². The molecule has 0 aliphatic heterocycles. The molecule has 1 saturated carbocycles. The van der Waals surface area contributed by atoms with E-state index in [1.807, 2.05) is 0 Å². The molecule has 1 aliphatic carbocycles. The van der Waals surface area contributed by atoms with Crippen molar-refractivity contribution in [1.29, 1.82) is 0 Å². The van der Waals surface area contributed by atoms with Gasteiger partial charge in [0.05, 0.1) is 18.3 Å². The summed E-state index contributed by atoms with van der Waals surface area (Å²) >= 11 is 0. The van der Waals surface area contributed by atoms with Crippen LogP contribution in [0.3, 0.4) is 0 Å². The quantitative estimate of drug-likeness (QED) is 0.697. The highest BCUT2D eigenvalue weighted by molar-refractivity contribution is 5.79. The zero-order chi connectivity index (χ0) is 14.1. The summed E-state index contributed by atoms with van der Waals surface area (Å²) in [6.45, 7) is 0.854. The minimum absolute atomic E-state index is 0.619. The fourth-order valence-corrected chi connectivity index (χ4v) is 3.46. The fourth-order valence-electron chi connectivity index (χ4n) is 3.46. The van der Waals surface area contributed by atoms with Crippen LogP contribution in [0.1, 0.15) is 43.8 Å². The van der Waals surface area contributed by atoms with Gasteiger partial charge in [0.1, 0.15) is 0 Å². The molecule has 0 amide bonds. The molecule has 0 unspecified atom stereocenters. The van der Waals surface area contributed by atoms with Gasteiger partial charge in [-0.15, -0.1) is 0 Å². The molecule has 2 aromatic heterocycles. The summed E-state index contributed by atoms with van der Waals surface area (Å²) in [6.07, 6.45) is 11.0. The third kappa shape index (κ3) is 2.48. The molecule has 21 heavy (non-hydrogen) atoms. The lowest BCUT2D eigenvalue weighted by Crippen LogP contribution is -2.13. The first-order chi connectivity index (χ1) is 10.4. The van der Waals surface area contributed by atoms with E-state index in [1.165, 1.54) is 43.0 Å². The summed E-state index contributed by atoms with van der Waals surface area (Å²) in [5.41, 5.74) is 2.44. The molecular weight excluding hydrogens is 258 g/mol. The smallest absolute Gasteiger partial charge is 0.0821 e. The van der Waals surface area contributed by atoms with E-state index in [2.05, 4.69) is 58.0 Å². The zero-order valence-corrected chi connectivity index (χ0v) is 12.3. The van der Waals surface area contributed by atoms with E-state index in [1.54, 1.807) is 0 Å². The topological polar surface area (TPSA) is 22.8 Å². The van der Waals surface area contributed by atoms with Crippen molar-refractivity contribution in [3.8, 4) is 0 Å². The SMILES string of the molecule is c1ccc2c(c1)ccn2Cc1ccn(C2CCCCC2)n1. The van der Waals surface area contributed by atoms with E-state index in [4.69, 9.17) is 5.10 Å². The number of nitrogens with zero attached hydrogens (tertiary/aromatic N) is 3. The molecule has 0 bridgehead atoms. The predicted octanol–water partition coefficient (Wildman–Crippen LogP) is 4.39. The highest BCUT2D eigenvalue weighted by Crippen LogP contribution is 2.27. The average molecular weight is 279 g/mol. The Labute approximate surface area is 125 Å². The lowest BCUT2D eigenvalue weighted by Gasteiger charge is -2.21. The average Bonchev–Trinajstić information content (AvgIpc) is 3.17. The summed E-state index contributed by atoms with van der Waals surface area (Å²) in [4.78, 5) is 0. The molecule has 1 aromatic carbocycles. The molecular formula is C18H21N3. The molecule has 3 aromatic rings. The Balaban J connectivity index is 1.56. The Hall–Kier alpha value is -2.03. The van der Waals surface area contributed by atoms with E-state index in [0.29, 0.717) is 6.04 Å². The first-order valence-electron chi connectivity index (χ1n) is 7.98. The summed E-state index contributed by atoms with van der Waals surface area (Å²) < 4.78 is 4.48. The Bertz CT molecular complexity index is 732. The van der Waals surface area contributed by atoms with Gasteiger partial charge in [-0.2, -0.15) is 5.10 Å². The van der Waals surface area contributed by atoms with Gasteiger partial charge < -0.3 is 4.57 Å². The van der Waals surface area contributed by atoms with Gasteiger partial charge >= 0.3 is 0 Å². The monoisotopic (exact) mass is 279 g/mol. The van der Waals surface area contributed by atoms with Crippen molar-refractivity contribution in [1.82, 2.24) is 14.3 Å². The van der Waals surface area contributed by atoms with Gasteiger partial charge in [-0.3, -0.25) is 4.68 Å². The second-order valence-corrected chi connectivity index (χ2v) is 6.08. The normalized spacial score (nSPS) is 16.6. The number of rotatable bonds is 3. The molecule has 1 fully saturated rings. The maximum absolute atomic E-state index is 4.81. The Kier molecular flexibility index (Phi) is 3.26. The van der Waals surface area contributed by atoms with Crippen molar-refractivity contribution < 1.29 is 0 Å². The summed E-state index contributed by atoms with van der Waals surface area (Å²) in [7, 11) is 0. The van der Waals surface area contributed by atoms with Gasteiger partial charge in [-0.25, -0.2) is 0 Å². The summed E-state index contributed by atoms with van der Waals surface area (Å²) in [5, 5.41) is 6.11. The highest BCUT2D eigenvalue weighted by Gasteiger charge is 2.16. The molecule has 0 atom stereocenters. The fraction of sp³-hybridized carbons (Fsp3) is 0.389.